The van der Waals surface area contributed by atoms with Crippen molar-refractivity contribution in [2.75, 3.05) is 7.05 Å². The van der Waals surface area contributed by atoms with Gasteiger partial charge in [0.25, 0.3) is 5.91 Å². The fourth-order valence-corrected chi connectivity index (χ4v) is 4.25. The third kappa shape index (κ3) is 3.78. The summed E-state index contributed by atoms with van der Waals surface area (Å²) in [5, 5.41) is 31.6. The van der Waals surface area contributed by atoms with E-state index < -0.39 is 17.6 Å². The molecule has 4 rings (SSSR count). The van der Waals surface area contributed by atoms with Gasteiger partial charge in [-0.05, 0) is 42.0 Å². The average molecular weight is 417 g/mol. The lowest BCUT2D eigenvalue weighted by molar-refractivity contribution is -0.161. The number of likely N-dealkylation sites (N-methyl/N-ethyl adjacent to an activating group) is 1. The molecule has 6 heteroatoms. The standard InChI is InChI=1S/C25H23NO5/c1-26(31)25(30)19(12-10-15-6-3-2-4-7-15)18-13-11-17-14-16-8-5-9-20(27)21(16)24(29)22(17)23(18)28/h2-9,11,13,19,27-28,31H,10,12,14H2,1H3. The number of nitrogens with zero attached hydrogens (tertiary/aromatic N) is 1. The van der Waals surface area contributed by atoms with E-state index in [0.29, 0.717) is 35.5 Å². The number of carbonyl (C=O) groups excluding carboxylic acids is 2. The minimum atomic E-state index is -0.834. The smallest absolute Gasteiger partial charge is 0.253 e. The Bertz CT molecular complexity index is 1150. The van der Waals surface area contributed by atoms with Crippen LogP contribution < -0.4 is 0 Å². The topological polar surface area (TPSA) is 98.1 Å². The van der Waals surface area contributed by atoms with E-state index in [1.165, 1.54) is 13.1 Å². The molecule has 31 heavy (non-hydrogen) atoms. The molecule has 6 nitrogen and oxygen atoms in total. The van der Waals surface area contributed by atoms with Crippen molar-refractivity contribution in [1.82, 2.24) is 5.06 Å². The maximum absolute atomic E-state index is 13.1. The summed E-state index contributed by atoms with van der Waals surface area (Å²) in [6, 6.07) is 17.9. The van der Waals surface area contributed by atoms with Gasteiger partial charge in [-0.1, -0.05) is 54.6 Å². The van der Waals surface area contributed by atoms with Crippen LogP contribution >= 0.6 is 0 Å². The van der Waals surface area contributed by atoms with E-state index >= 15 is 0 Å². The number of hydroxylamine groups is 2. The van der Waals surface area contributed by atoms with Gasteiger partial charge in [-0.2, -0.15) is 0 Å². The first-order valence-electron chi connectivity index (χ1n) is 10.1. The van der Waals surface area contributed by atoms with Crippen LogP contribution in [-0.4, -0.2) is 39.2 Å². The summed E-state index contributed by atoms with van der Waals surface area (Å²) in [6.07, 6.45) is 1.29. The molecule has 3 aromatic carbocycles. The molecule has 0 saturated carbocycles. The molecule has 1 unspecified atom stereocenters. The summed E-state index contributed by atoms with van der Waals surface area (Å²) in [6.45, 7) is 0. The maximum Gasteiger partial charge on any atom is 0.253 e. The van der Waals surface area contributed by atoms with Crippen molar-refractivity contribution in [1.29, 1.82) is 0 Å². The van der Waals surface area contributed by atoms with Crippen molar-refractivity contribution >= 4 is 11.7 Å². The first-order valence-corrected chi connectivity index (χ1v) is 10.1. The molecule has 3 N–H and O–H groups in total. The van der Waals surface area contributed by atoms with Gasteiger partial charge in [-0.15, -0.1) is 0 Å². The van der Waals surface area contributed by atoms with Crippen molar-refractivity contribution in [3.63, 3.8) is 0 Å². The largest absolute Gasteiger partial charge is 0.507 e. The highest BCUT2D eigenvalue weighted by Crippen LogP contribution is 2.41. The van der Waals surface area contributed by atoms with E-state index in [1.54, 1.807) is 24.3 Å². The Morgan fingerprint density at radius 1 is 0.968 bits per heavy atom. The molecule has 1 amide bonds. The fourth-order valence-electron chi connectivity index (χ4n) is 4.25. The highest BCUT2D eigenvalue weighted by molar-refractivity contribution is 6.15. The van der Waals surface area contributed by atoms with Gasteiger partial charge in [0.15, 0.2) is 0 Å². The highest BCUT2D eigenvalue weighted by atomic mass is 16.5. The molecule has 3 aromatic rings. The number of fused-ring (bicyclic) bond motifs is 2. The zero-order chi connectivity index (χ0) is 22.1. The second-order valence-corrected chi connectivity index (χ2v) is 7.79. The van der Waals surface area contributed by atoms with Crippen molar-refractivity contribution in [2.45, 2.75) is 25.2 Å². The van der Waals surface area contributed by atoms with Crippen LogP contribution in [-0.2, 0) is 17.6 Å². The Morgan fingerprint density at radius 2 is 1.68 bits per heavy atom. The quantitative estimate of drug-likeness (QED) is 0.339. The van der Waals surface area contributed by atoms with Gasteiger partial charge in [0.2, 0.25) is 5.78 Å². The number of rotatable bonds is 5. The zero-order valence-electron chi connectivity index (χ0n) is 17.1. The van der Waals surface area contributed by atoms with Gasteiger partial charge < -0.3 is 10.2 Å². The Kier molecular flexibility index (Phi) is 5.48. The fraction of sp³-hybridized carbons (Fsp3) is 0.200. The van der Waals surface area contributed by atoms with Crippen molar-refractivity contribution in [3.8, 4) is 11.5 Å². The van der Waals surface area contributed by atoms with Crippen molar-refractivity contribution in [3.05, 3.63) is 94.0 Å². The molecule has 1 aliphatic rings. The van der Waals surface area contributed by atoms with E-state index in [4.69, 9.17) is 0 Å². The molecule has 0 bridgehead atoms. The lowest BCUT2D eigenvalue weighted by Gasteiger charge is -2.25. The van der Waals surface area contributed by atoms with E-state index in [-0.39, 0.29) is 28.2 Å². The van der Waals surface area contributed by atoms with Crippen molar-refractivity contribution < 1.29 is 25.0 Å². The van der Waals surface area contributed by atoms with Gasteiger partial charge in [-0.3, -0.25) is 14.8 Å². The summed E-state index contributed by atoms with van der Waals surface area (Å²) in [4.78, 5) is 25.9. The number of benzene rings is 3. The number of phenolic OH excluding ortho intramolecular Hbond substituents is 2. The zero-order valence-corrected chi connectivity index (χ0v) is 17.1. The van der Waals surface area contributed by atoms with Crippen LogP contribution in [0.2, 0.25) is 0 Å². The molecule has 0 saturated heterocycles. The van der Waals surface area contributed by atoms with Gasteiger partial charge >= 0.3 is 0 Å². The summed E-state index contributed by atoms with van der Waals surface area (Å²) in [7, 11) is 1.24. The lowest BCUT2D eigenvalue weighted by atomic mass is 9.80. The first-order chi connectivity index (χ1) is 14.9. The monoisotopic (exact) mass is 417 g/mol. The number of aryl methyl sites for hydroxylation is 1. The molecular formula is C25H23NO5. The summed E-state index contributed by atoms with van der Waals surface area (Å²) >= 11 is 0. The number of hydrogen-bond donors (Lipinski definition) is 3. The number of amides is 1. The Labute approximate surface area is 180 Å². The van der Waals surface area contributed by atoms with Gasteiger partial charge in [0, 0.05) is 12.6 Å². The Balaban J connectivity index is 1.74. The van der Waals surface area contributed by atoms with Crippen LogP contribution in [0.3, 0.4) is 0 Å². The third-order valence-corrected chi connectivity index (χ3v) is 5.82. The van der Waals surface area contributed by atoms with Crippen LogP contribution in [0.25, 0.3) is 0 Å². The molecule has 0 fully saturated rings. The third-order valence-electron chi connectivity index (χ3n) is 5.82. The molecule has 0 heterocycles. The second kappa shape index (κ2) is 8.24. The first kappa shape index (κ1) is 20.6. The van der Waals surface area contributed by atoms with Crippen LogP contribution in [0.5, 0.6) is 11.5 Å². The number of carbonyl (C=O) groups is 2. The van der Waals surface area contributed by atoms with Crippen LogP contribution in [0.4, 0.5) is 0 Å². The number of hydrogen-bond acceptors (Lipinski definition) is 5. The highest BCUT2D eigenvalue weighted by Gasteiger charge is 2.33. The van der Waals surface area contributed by atoms with E-state index in [0.717, 1.165) is 5.56 Å². The molecular weight excluding hydrogens is 394 g/mol. The molecule has 0 spiro atoms. The van der Waals surface area contributed by atoms with Gasteiger partial charge in [0.1, 0.15) is 11.5 Å². The van der Waals surface area contributed by atoms with Crippen LogP contribution in [0.15, 0.2) is 60.7 Å². The molecule has 0 aromatic heterocycles. The van der Waals surface area contributed by atoms with Crippen LogP contribution in [0, 0.1) is 0 Å². The SMILES string of the molecule is CN(O)C(=O)C(CCc1ccccc1)c1ccc2c(c1O)C(=O)c1c(O)cccc1C2. The number of ketones is 1. The minimum absolute atomic E-state index is 0.101. The van der Waals surface area contributed by atoms with Crippen LogP contribution in [0.1, 0.15) is 50.5 Å². The molecule has 0 radical (unpaired) electrons. The Morgan fingerprint density at radius 3 is 2.39 bits per heavy atom. The molecule has 1 aliphatic carbocycles. The number of phenols is 2. The Hall–Kier alpha value is -3.64. The van der Waals surface area contributed by atoms with E-state index in [2.05, 4.69) is 0 Å². The maximum atomic E-state index is 13.1. The minimum Gasteiger partial charge on any atom is -0.507 e. The summed E-state index contributed by atoms with van der Waals surface area (Å²) in [5.74, 6) is -2.29. The summed E-state index contributed by atoms with van der Waals surface area (Å²) in [5.41, 5.74) is 2.91. The second-order valence-electron chi connectivity index (χ2n) is 7.79. The molecule has 158 valence electrons. The van der Waals surface area contributed by atoms with Crippen molar-refractivity contribution in [2.24, 2.45) is 0 Å². The normalized spacial score (nSPS) is 13.3. The summed E-state index contributed by atoms with van der Waals surface area (Å²) < 4.78 is 0. The van der Waals surface area contributed by atoms with E-state index in [1.807, 2.05) is 30.3 Å². The van der Waals surface area contributed by atoms with Gasteiger partial charge in [-0.25, -0.2) is 5.06 Å². The predicted octanol–water partition coefficient (Wildman–Crippen LogP) is 3.80. The predicted molar refractivity (Wildman–Crippen MR) is 115 cm³/mol. The van der Waals surface area contributed by atoms with E-state index in [9.17, 15) is 25.0 Å². The lowest BCUT2D eigenvalue weighted by Crippen LogP contribution is -2.29. The number of aromatic hydroxyl groups is 2. The average Bonchev–Trinajstić information content (AvgIpc) is 2.75. The molecule has 0 aliphatic heterocycles. The van der Waals surface area contributed by atoms with Gasteiger partial charge in [0.05, 0.1) is 17.0 Å². The molecule has 1 atom stereocenters.